The Bertz CT molecular complexity index is 905. The lowest BCUT2D eigenvalue weighted by Gasteiger charge is -2.31. The van der Waals surface area contributed by atoms with E-state index in [-0.39, 0.29) is 22.2 Å². The summed E-state index contributed by atoms with van der Waals surface area (Å²) in [5, 5.41) is 2.86. The molecule has 154 valence electrons. The van der Waals surface area contributed by atoms with Crippen LogP contribution in [0.25, 0.3) is 11.1 Å². The highest BCUT2D eigenvalue weighted by Gasteiger charge is 2.32. The second kappa shape index (κ2) is 8.73. The molecule has 1 fully saturated rings. The number of nitrogens with one attached hydrogen (secondary N) is 1. The Balaban J connectivity index is 1.81. The molecule has 0 radical (unpaired) electrons. The highest BCUT2D eigenvalue weighted by atomic mass is 35.5. The van der Waals surface area contributed by atoms with Gasteiger partial charge >= 0.3 is 6.36 Å². The van der Waals surface area contributed by atoms with Crippen molar-refractivity contribution in [1.29, 1.82) is 0 Å². The Hall–Kier alpha value is -2.74. The number of carbonyl (C=O) groups is 2. The molecule has 0 aliphatic carbocycles. The van der Waals surface area contributed by atoms with Gasteiger partial charge in [0.15, 0.2) is 0 Å². The first-order chi connectivity index (χ1) is 13.8. The van der Waals surface area contributed by atoms with Crippen molar-refractivity contribution in [2.24, 2.45) is 0 Å². The molecule has 2 amide bonds. The smallest absolute Gasteiger partial charge is 0.405 e. The van der Waals surface area contributed by atoms with E-state index in [4.69, 9.17) is 11.6 Å². The number of anilines is 1. The summed E-state index contributed by atoms with van der Waals surface area (Å²) in [5.41, 5.74) is 0.887. The fraction of sp³-hybridized carbons (Fsp3) is 0.300. The molecule has 9 heteroatoms. The molecule has 3 rings (SSSR count). The van der Waals surface area contributed by atoms with Crippen molar-refractivity contribution in [2.75, 3.05) is 11.9 Å². The fourth-order valence-corrected chi connectivity index (χ4v) is 3.58. The van der Waals surface area contributed by atoms with Crippen molar-refractivity contribution in [2.45, 2.75) is 31.7 Å². The van der Waals surface area contributed by atoms with E-state index in [9.17, 15) is 22.8 Å². The molecular formula is C20H18ClF3N2O3. The number of benzene rings is 2. The summed E-state index contributed by atoms with van der Waals surface area (Å²) in [6.07, 6.45) is -1.91. The third-order valence-electron chi connectivity index (χ3n) is 4.62. The minimum absolute atomic E-state index is 0.150. The third kappa shape index (κ3) is 5.20. The van der Waals surface area contributed by atoms with Gasteiger partial charge in [-0.3, -0.25) is 9.59 Å². The predicted molar refractivity (Wildman–Crippen MR) is 103 cm³/mol. The monoisotopic (exact) mass is 426 g/mol. The zero-order valence-electron chi connectivity index (χ0n) is 15.2. The van der Waals surface area contributed by atoms with Crippen molar-refractivity contribution in [3.8, 4) is 16.9 Å². The number of nitrogens with zero attached hydrogens (tertiary/aromatic N) is 1. The zero-order chi connectivity index (χ0) is 21.0. The van der Waals surface area contributed by atoms with E-state index in [1.807, 2.05) is 0 Å². The SMILES string of the molecule is O=CN1CCCCC1C(=O)Nc1ccc(-c2ccccc2OC(F)(F)F)c(Cl)c1. The number of alkyl halides is 3. The van der Waals surface area contributed by atoms with Gasteiger partial charge in [-0.25, -0.2) is 0 Å². The molecule has 1 heterocycles. The first kappa shape index (κ1) is 21.0. The van der Waals surface area contributed by atoms with Crippen LogP contribution in [-0.2, 0) is 9.59 Å². The fourth-order valence-electron chi connectivity index (χ4n) is 3.30. The molecule has 1 saturated heterocycles. The molecule has 1 aliphatic heterocycles. The number of ether oxygens (including phenoxy) is 1. The molecule has 29 heavy (non-hydrogen) atoms. The molecule has 1 N–H and O–H groups in total. The Morgan fingerprint density at radius 3 is 2.62 bits per heavy atom. The van der Waals surface area contributed by atoms with Crippen LogP contribution in [0.15, 0.2) is 42.5 Å². The van der Waals surface area contributed by atoms with Crippen LogP contribution in [0.5, 0.6) is 5.75 Å². The number of para-hydroxylation sites is 1. The van der Waals surface area contributed by atoms with Crippen molar-refractivity contribution < 1.29 is 27.5 Å². The minimum atomic E-state index is -4.83. The third-order valence-corrected chi connectivity index (χ3v) is 4.93. The molecular weight excluding hydrogens is 409 g/mol. The Morgan fingerprint density at radius 2 is 1.93 bits per heavy atom. The number of rotatable bonds is 5. The summed E-state index contributed by atoms with van der Waals surface area (Å²) < 4.78 is 42.0. The summed E-state index contributed by atoms with van der Waals surface area (Å²) in [7, 11) is 0. The van der Waals surface area contributed by atoms with Gasteiger partial charge in [-0.1, -0.05) is 35.9 Å². The van der Waals surface area contributed by atoms with Crippen molar-refractivity contribution in [3.05, 3.63) is 47.5 Å². The lowest BCUT2D eigenvalue weighted by molar-refractivity contribution is -0.274. The van der Waals surface area contributed by atoms with Crippen LogP contribution in [0.4, 0.5) is 18.9 Å². The van der Waals surface area contributed by atoms with Crippen LogP contribution in [0.1, 0.15) is 19.3 Å². The first-order valence-corrected chi connectivity index (χ1v) is 9.33. The van der Waals surface area contributed by atoms with Crippen LogP contribution >= 0.6 is 11.6 Å². The number of likely N-dealkylation sites (tertiary alicyclic amines) is 1. The van der Waals surface area contributed by atoms with E-state index in [2.05, 4.69) is 10.1 Å². The van der Waals surface area contributed by atoms with Crippen molar-refractivity contribution in [3.63, 3.8) is 0 Å². The average molecular weight is 427 g/mol. The van der Waals surface area contributed by atoms with E-state index in [1.54, 1.807) is 6.07 Å². The van der Waals surface area contributed by atoms with Gasteiger partial charge < -0.3 is 15.0 Å². The number of carbonyl (C=O) groups excluding carboxylic acids is 2. The van der Waals surface area contributed by atoms with Crippen LogP contribution < -0.4 is 10.1 Å². The van der Waals surface area contributed by atoms with Gasteiger partial charge in [0.25, 0.3) is 0 Å². The quantitative estimate of drug-likeness (QED) is 0.695. The van der Waals surface area contributed by atoms with Gasteiger partial charge in [0.2, 0.25) is 12.3 Å². The molecule has 2 aromatic carbocycles. The number of halogens is 4. The second-order valence-corrected chi connectivity index (χ2v) is 6.99. The topological polar surface area (TPSA) is 58.6 Å². The van der Waals surface area contributed by atoms with E-state index in [0.29, 0.717) is 30.6 Å². The van der Waals surface area contributed by atoms with Crippen LogP contribution in [-0.4, -0.2) is 36.2 Å². The summed E-state index contributed by atoms with van der Waals surface area (Å²) in [5.74, 6) is -0.705. The summed E-state index contributed by atoms with van der Waals surface area (Å²) >= 11 is 6.28. The molecule has 0 aromatic heterocycles. The molecule has 2 aromatic rings. The van der Waals surface area contributed by atoms with Gasteiger partial charge in [0, 0.05) is 23.4 Å². The number of amides is 2. The minimum Gasteiger partial charge on any atom is -0.405 e. The van der Waals surface area contributed by atoms with Gasteiger partial charge in [0.1, 0.15) is 11.8 Å². The van der Waals surface area contributed by atoms with E-state index < -0.39 is 12.4 Å². The zero-order valence-corrected chi connectivity index (χ0v) is 16.0. The molecule has 0 spiro atoms. The normalized spacial score (nSPS) is 17.0. The summed E-state index contributed by atoms with van der Waals surface area (Å²) in [6.45, 7) is 0.525. The highest BCUT2D eigenvalue weighted by molar-refractivity contribution is 6.33. The highest BCUT2D eigenvalue weighted by Crippen LogP contribution is 2.38. The maximum Gasteiger partial charge on any atom is 0.573 e. The van der Waals surface area contributed by atoms with Crippen LogP contribution in [0, 0.1) is 0 Å². The van der Waals surface area contributed by atoms with Crippen LogP contribution in [0.3, 0.4) is 0 Å². The number of piperidine rings is 1. The lowest BCUT2D eigenvalue weighted by Crippen LogP contribution is -2.46. The maximum absolute atomic E-state index is 12.7. The predicted octanol–water partition coefficient (Wildman–Crippen LogP) is 4.86. The number of hydrogen-bond donors (Lipinski definition) is 1. The lowest BCUT2D eigenvalue weighted by atomic mass is 10.0. The Kier molecular flexibility index (Phi) is 6.32. The number of hydrogen-bond acceptors (Lipinski definition) is 3. The van der Waals surface area contributed by atoms with Gasteiger partial charge in [-0.2, -0.15) is 0 Å². The van der Waals surface area contributed by atoms with Gasteiger partial charge in [0.05, 0.1) is 5.02 Å². The molecule has 0 saturated carbocycles. The molecule has 5 nitrogen and oxygen atoms in total. The van der Waals surface area contributed by atoms with E-state index in [1.165, 1.54) is 41.3 Å². The van der Waals surface area contributed by atoms with Crippen molar-refractivity contribution in [1.82, 2.24) is 4.90 Å². The Morgan fingerprint density at radius 1 is 1.17 bits per heavy atom. The van der Waals surface area contributed by atoms with Crippen LogP contribution in [0.2, 0.25) is 5.02 Å². The van der Waals surface area contributed by atoms with E-state index >= 15 is 0 Å². The molecule has 1 aliphatic rings. The molecule has 1 unspecified atom stereocenters. The average Bonchev–Trinajstić information content (AvgIpc) is 2.67. The second-order valence-electron chi connectivity index (χ2n) is 6.58. The standard InChI is InChI=1S/C20H18ClF3N2O3/c21-16-11-13(25-19(28)17-6-3-4-10-26(17)12-27)8-9-14(16)15-5-1-2-7-18(15)29-20(22,23)24/h1-2,5,7-9,11-12,17H,3-4,6,10H2,(H,25,28). The van der Waals surface area contributed by atoms with Crippen molar-refractivity contribution >= 4 is 29.6 Å². The summed E-state index contributed by atoms with van der Waals surface area (Å²) in [6, 6.07) is 9.61. The van der Waals surface area contributed by atoms with Gasteiger partial charge in [-0.05, 0) is 37.5 Å². The van der Waals surface area contributed by atoms with E-state index in [0.717, 1.165) is 12.8 Å². The largest absolute Gasteiger partial charge is 0.573 e. The maximum atomic E-state index is 12.7. The summed E-state index contributed by atoms with van der Waals surface area (Å²) in [4.78, 5) is 25.1. The van der Waals surface area contributed by atoms with Gasteiger partial charge in [-0.15, -0.1) is 13.2 Å². The Labute approximate surface area is 170 Å². The molecule has 1 atom stereocenters. The molecule has 0 bridgehead atoms. The first-order valence-electron chi connectivity index (χ1n) is 8.95.